The molecule has 1 amide bonds. The van der Waals surface area contributed by atoms with Crippen LogP contribution in [-0.2, 0) is 11.3 Å². The normalized spacial score (nSPS) is 13.9. The molecule has 25 heavy (non-hydrogen) atoms. The average Bonchev–Trinajstić information content (AvgIpc) is 2.54. The zero-order chi connectivity index (χ0) is 15.8. The van der Waals surface area contributed by atoms with Crippen molar-refractivity contribution in [1.82, 2.24) is 20.5 Å². The lowest BCUT2D eigenvalue weighted by Crippen LogP contribution is -2.44. The number of likely N-dealkylation sites (N-methyl/N-ethyl adjacent to an activating group) is 1. The molecule has 0 aliphatic carbocycles. The van der Waals surface area contributed by atoms with Crippen LogP contribution in [0, 0.1) is 0 Å². The van der Waals surface area contributed by atoms with E-state index in [0.717, 1.165) is 50.5 Å². The highest BCUT2D eigenvalue weighted by Crippen LogP contribution is 2.13. The Morgan fingerprint density at radius 2 is 1.84 bits per heavy atom. The molecule has 0 saturated carbocycles. The first-order valence-corrected chi connectivity index (χ1v) is 7.99. The molecule has 6 nitrogen and oxygen atoms in total. The van der Waals surface area contributed by atoms with Gasteiger partial charge in [0.1, 0.15) is 5.82 Å². The van der Waals surface area contributed by atoms with Gasteiger partial charge >= 0.3 is 0 Å². The molecule has 146 valence electrons. The van der Waals surface area contributed by atoms with E-state index >= 15 is 0 Å². The maximum atomic E-state index is 11.7. The van der Waals surface area contributed by atoms with E-state index in [-0.39, 0.29) is 43.1 Å². The number of nitrogens with one attached hydrogen (secondary N) is 2. The van der Waals surface area contributed by atoms with Crippen LogP contribution in [0.3, 0.4) is 0 Å². The van der Waals surface area contributed by atoms with E-state index in [4.69, 9.17) is 0 Å². The molecule has 0 atom stereocenters. The van der Waals surface area contributed by atoms with Gasteiger partial charge < -0.3 is 20.4 Å². The summed E-state index contributed by atoms with van der Waals surface area (Å²) >= 11 is 0. The van der Waals surface area contributed by atoms with Crippen molar-refractivity contribution in [3.05, 3.63) is 23.9 Å². The molecule has 0 unspecified atom stereocenters. The average molecular weight is 415 g/mol. The Bertz CT molecular complexity index is 467. The van der Waals surface area contributed by atoms with Crippen molar-refractivity contribution in [2.75, 3.05) is 51.7 Å². The van der Waals surface area contributed by atoms with E-state index in [2.05, 4.69) is 38.5 Å². The number of halogens is 3. The van der Waals surface area contributed by atoms with Crippen LogP contribution in [0.25, 0.3) is 0 Å². The molecular formula is C16H30Cl3N5O. The first kappa shape index (κ1) is 26.4. The van der Waals surface area contributed by atoms with E-state index in [1.807, 2.05) is 19.3 Å². The molecule has 1 saturated heterocycles. The van der Waals surface area contributed by atoms with E-state index in [1.165, 1.54) is 0 Å². The Hall–Kier alpha value is -0.790. The summed E-state index contributed by atoms with van der Waals surface area (Å²) in [5.74, 6) is 1.12. The molecule has 1 aromatic rings. The zero-order valence-corrected chi connectivity index (χ0v) is 17.3. The number of pyridine rings is 1. The summed E-state index contributed by atoms with van der Waals surface area (Å²) < 4.78 is 0. The van der Waals surface area contributed by atoms with Gasteiger partial charge in [-0.1, -0.05) is 6.07 Å². The Morgan fingerprint density at radius 3 is 2.40 bits per heavy atom. The van der Waals surface area contributed by atoms with Gasteiger partial charge in [0.15, 0.2) is 0 Å². The molecule has 9 heteroatoms. The highest BCUT2D eigenvalue weighted by Gasteiger charge is 2.14. The Labute approximate surface area is 169 Å². The van der Waals surface area contributed by atoms with Crippen LogP contribution in [0.4, 0.5) is 5.82 Å². The van der Waals surface area contributed by atoms with Gasteiger partial charge in [-0.3, -0.25) is 4.79 Å². The summed E-state index contributed by atoms with van der Waals surface area (Å²) in [5, 5.41) is 5.97. The van der Waals surface area contributed by atoms with Crippen molar-refractivity contribution in [2.45, 2.75) is 19.4 Å². The summed E-state index contributed by atoms with van der Waals surface area (Å²) in [4.78, 5) is 20.8. The van der Waals surface area contributed by atoms with E-state index in [0.29, 0.717) is 13.0 Å². The predicted molar refractivity (Wildman–Crippen MR) is 111 cm³/mol. The number of hydrogen-bond acceptors (Lipinski definition) is 5. The smallest absolute Gasteiger partial charge is 0.220 e. The number of carbonyl (C=O) groups is 1. The van der Waals surface area contributed by atoms with Crippen LogP contribution in [-0.4, -0.2) is 62.6 Å². The van der Waals surface area contributed by atoms with E-state index in [9.17, 15) is 4.79 Å². The summed E-state index contributed by atoms with van der Waals surface area (Å²) in [6.45, 7) is 5.61. The summed E-state index contributed by atoms with van der Waals surface area (Å²) in [5.41, 5.74) is 1.04. The van der Waals surface area contributed by atoms with Crippen LogP contribution >= 0.6 is 37.2 Å². The van der Waals surface area contributed by atoms with Crippen LogP contribution in [0.2, 0.25) is 0 Å². The fourth-order valence-electron chi connectivity index (χ4n) is 2.46. The van der Waals surface area contributed by atoms with Crippen LogP contribution in [0.15, 0.2) is 18.3 Å². The minimum atomic E-state index is 0. The second kappa shape index (κ2) is 14.4. The maximum absolute atomic E-state index is 11.7. The first-order chi connectivity index (χ1) is 10.7. The largest absolute Gasteiger partial charge is 0.354 e. The van der Waals surface area contributed by atoms with Crippen LogP contribution in [0.1, 0.15) is 18.4 Å². The van der Waals surface area contributed by atoms with Gasteiger partial charge in [-0.25, -0.2) is 4.98 Å². The number of hydrogen-bond donors (Lipinski definition) is 2. The van der Waals surface area contributed by atoms with Gasteiger partial charge in [-0.05, 0) is 38.7 Å². The van der Waals surface area contributed by atoms with Crippen molar-refractivity contribution in [3.8, 4) is 0 Å². The van der Waals surface area contributed by atoms with Crippen molar-refractivity contribution in [2.24, 2.45) is 0 Å². The number of piperazine rings is 1. The molecule has 0 aromatic carbocycles. The molecule has 1 aliphatic heterocycles. The molecule has 0 radical (unpaired) electrons. The monoisotopic (exact) mass is 413 g/mol. The number of anilines is 1. The molecule has 0 bridgehead atoms. The quantitative estimate of drug-likeness (QED) is 0.665. The highest BCUT2D eigenvalue weighted by atomic mass is 35.5. The first-order valence-electron chi connectivity index (χ1n) is 7.99. The Balaban J connectivity index is 0. The minimum absolute atomic E-state index is 0. The van der Waals surface area contributed by atoms with Gasteiger partial charge in [0.2, 0.25) is 5.91 Å². The molecule has 1 aromatic heterocycles. The summed E-state index contributed by atoms with van der Waals surface area (Å²) in [6.07, 6.45) is 3.29. The van der Waals surface area contributed by atoms with Gasteiger partial charge in [-0.15, -0.1) is 37.2 Å². The second-order valence-electron chi connectivity index (χ2n) is 5.80. The van der Waals surface area contributed by atoms with Gasteiger partial charge in [0.05, 0.1) is 0 Å². The Kier molecular flexibility index (Phi) is 15.2. The zero-order valence-electron chi connectivity index (χ0n) is 14.9. The fraction of sp³-hybridized carbons (Fsp3) is 0.625. The molecule has 0 spiro atoms. The lowest BCUT2D eigenvalue weighted by Gasteiger charge is -2.33. The van der Waals surface area contributed by atoms with Crippen molar-refractivity contribution in [3.63, 3.8) is 0 Å². The third-order valence-corrected chi connectivity index (χ3v) is 3.96. The molecule has 1 fully saturated rings. The van der Waals surface area contributed by atoms with Crippen LogP contribution in [0.5, 0.6) is 0 Å². The number of rotatable bonds is 7. The van der Waals surface area contributed by atoms with Crippen molar-refractivity contribution < 1.29 is 4.79 Å². The van der Waals surface area contributed by atoms with Crippen LogP contribution < -0.4 is 15.5 Å². The topological polar surface area (TPSA) is 60.5 Å². The van der Waals surface area contributed by atoms with Crippen molar-refractivity contribution >= 4 is 48.9 Å². The Morgan fingerprint density at radius 1 is 1.16 bits per heavy atom. The number of carbonyl (C=O) groups excluding carboxylic acids is 1. The predicted octanol–water partition coefficient (Wildman–Crippen LogP) is 1.71. The third kappa shape index (κ3) is 9.47. The molecular weight excluding hydrogens is 385 g/mol. The van der Waals surface area contributed by atoms with E-state index < -0.39 is 0 Å². The van der Waals surface area contributed by atoms with Gasteiger partial charge in [-0.2, -0.15) is 0 Å². The summed E-state index contributed by atoms with van der Waals surface area (Å²) in [6, 6.07) is 4.10. The number of aromatic nitrogens is 1. The molecule has 2 rings (SSSR count). The fourth-order valence-corrected chi connectivity index (χ4v) is 2.46. The highest BCUT2D eigenvalue weighted by molar-refractivity contribution is 5.86. The SMILES string of the molecule is CNCCCC(=O)NCc1ccc(N2CCN(C)CC2)nc1.Cl.Cl.Cl. The minimum Gasteiger partial charge on any atom is -0.354 e. The standard InChI is InChI=1S/C16H27N5O.3ClH/c1-17-7-3-4-16(22)19-13-14-5-6-15(18-12-14)21-10-8-20(2)9-11-21;;;/h5-6,12,17H,3-4,7-11,13H2,1-2H3,(H,19,22);3*1H. The maximum Gasteiger partial charge on any atom is 0.220 e. The van der Waals surface area contributed by atoms with E-state index in [1.54, 1.807) is 0 Å². The second-order valence-corrected chi connectivity index (χ2v) is 5.80. The lowest BCUT2D eigenvalue weighted by atomic mass is 10.2. The number of nitrogens with zero attached hydrogens (tertiary/aromatic N) is 3. The molecule has 1 aliphatic rings. The number of amides is 1. The van der Waals surface area contributed by atoms with Crippen molar-refractivity contribution in [1.29, 1.82) is 0 Å². The molecule has 2 N–H and O–H groups in total. The van der Waals surface area contributed by atoms with Gasteiger partial charge in [0, 0.05) is 45.3 Å². The lowest BCUT2D eigenvalue weighted by molar-refractivity contribution is -0.121. The third-order valence-electron chi connectivity index (χ3n) is 3.96. The van der Waals surface area contributed by atoms with Gasteiger partial charge in [0.25, 0.3) is 0 Å². The summed E-state index contributed by atoms with van der Waals surface area (Å²) in [7, 11) is 4.04. The molecule has 2 heterocycles.